The molecular weight excluding hydrogens is 334 g/mol. The van der Waals surface area contributed by atoms with E-state index in [2.05, 4.69) is 5.32 Å². The molecule has 0 aliphatic rings. The van der Waals surface area contributed by atoms with Crippen molar-refractivity contribution in [3.8, 4) is 11.3 Å². The van der Waals surface area contributed by atoms with Gasteiger partial charge in [0.15, 0.2) is 0 Å². The van der Waals surface area contributed by atoms with Crippen LogP contribution in [0.4, 0.5) is 5.69 Å². The molecule has 1 heterocycles. The monoisotopic (exact) mass is 355 g/mol. The number of fused-ring (bicyclic) bond motifs is 1. The van der Waals surface area contributed by atoms with Gasteiger partial charge in [0.2, 0.25) is 0 Å². The summed E-state index contributed by atoms with van der Waals surface area (Å²) in [7, 11) is 0. The molecule has 0 unspecified atom stereocenters. The molecule has 0 atom stereocenters. The molecule has 134 valence electrons. The first kappa shape index (κ1) is 17.1. The van der Waals surface area contributed by atoms with Crippen LogP contribution in [0.25, 0.3) is 22.3 Å². The number of furan rings is 1. The first-order chi connectivity index (χ1) is 13.0. The lowest BCUT2D eigenvalue weighted by Crippen LogP contribution is -2.14. The molecule has 0 spiro atoms. The summed E-state index contributed by atoms with van der Waals surface area (Å²) in [6.07, 6.45) is 0. The Labute approximate surface area is 158 Å². The van der Waals surface area contributed by atoms with Gasteiger partial charge < -0.3 is 9.73 Å². The van der Waals surface area contributed by atoms with E-state index in [0.717, 1.165) is 44.7 Å². The van der Waals surface area contributed by atoms with Gasteiger partial charge >= 0.3 is 0 Å². The van der Waals surface area contributed by atoms with Crippen molar-refractivity contribution >= 4 is 22.6 Å². The summed E-state index contributed by atoms with van der Waals surface area (Å²) in [5.41, 5.74) is 6.40. The molecule has 4 rings (SSSR count). The Morgan fingerprint density at radius 2 is 1.67 bits per heavy atom. The van der Waals surface area contributed by atoms with Gasteiger partial charge in [-0.3, -0.25) is 4.79 Å². The second kappa shape index (κ2) is 6.76. The van der Waals surface area contributed by atoms with Gasteiger partial charge in [0.1, 0.15) is 11.3 Å². The molecule has 0 saturated heterocycles. The normalized spacial score (nSPS) is 10.9. The summed E-state index contributed by atoms with van der Waals surface area (Å²) in [5, 5.41) is 4.12. The zero-order valence-corrected chi connectivity index (χ0v) is 15.7. The largest absolute Gasteiger partial charge is 0.456 e. The minimum Gasteiger partial charge on any atom is -0.456 e. The fraction of sp³-hybridized carbons (Fsp3) is 0.125. The summed E-state index contributed by atoms with van der Waals surface area (Å²) in [6.45, 7) is 5.97. The maximum atomic E-state index is 12.8. The number of hydrogen-bond acceptors (Lipinski definition) is 2. The Bertz CT molecular complexity index is 1120. The number of amides is 1. The SMILES string of the molecule is Cc1ccc(-c2cc3ccccc3o2)cc1NC(=O)c1cccc(C)c1C. The molecule has 27 heavy (non-hydrogen) atoms. The molecule has 0 radical (unpaired) electrons. The van der Waals surface area contributed by atoms with E-state index in [1.54, 1.807) is 0 Å². The van der Waals surface area contributed by atoms with Crippen molar-refractivity contribution in [1.29, 1.82) is 0 Å². The number of benzene rings is 3. The molecule has 0 bridgehead atoms. The minimum absolute atomic E-state index is 0.0962. The maximum Gasteiger partial charge on any atom is 0.255 e. The zero-order chi connectivity index (χ0) is 19.0. The lowest BCUT2D eigenvalue weighted by molar-refractivity contribution is 0.102. The lowest BCUT2D eigenvalue weighted by atomic mass is 10.0. The Morgan fingerprint density at radius 1 is 0.852 bits per heavy atom. The number of aryl methyl sites for hydroxylation is 2. The predicted octanol–water partition coefficient (Wildman–Crippen LogP) is 6.28. The van der Waals surface area contributed by atoms with Gasteiger partial charge in [-0.1, -0.05) is 42.5 Å². The molecule has 0 saturated carbocycles. The van der Waals surface area contributed by atoms with Crippen molar-refractivity contribution in [2.24, 2.45) is 0 Å². The highest BCUT2D eigenvalue weighted by atomic mass is 16.3. The second-order valence-corrected chi connectivity index (χ2v) is 6.88. The van der Waals surface area contributed by atoms with Crippen LogP contribution in [0, 0.1) is 20.8 Å². The van der Waals surface area contributed by atoms with Crippen LogP contribution in [0.5, 0.6) is 0 Å². The molecule has 1 aromatic heterocycles. The number of carbonyl (C=O) groups excluding carboxylic acids is 1. The van der Waals surface area contributed by atoms with Gasteiger partial charge in [-0.25, -0.2) is 0 Å². The van der Waals surface area contributed by atoms with Crippen LogP contribution in [0.2, 0.25) is 0 Å². The topological polar surface area (TPSA) is 42.2 Å². The second-order valence-electron chi connectivity index (χ2n) is 6.88. The quantitative estimate of drug-likeness (QED) is 0.470. The number of anilines is 1. The average molecular weight is 355 g/mol. The van der Waals surface area contributed by atoms with E-state index in [1.807, 2.05) is 87.5 Å². The number of rotatable bonds is 3. The Morgan fingerprint density at radius 3 is 2.48 bits per heavy atom. The van der Waals surface area contributed by atoms with E-state index in [0.29, 0.717) is 5.56 Å². The smallest absolute Gasteiger partial charge is 0.255 e. The van der Waals surface area contributed by atoms with Crippen LogP contribution >= 0.6 is 0 Å². The summed E-state index contributed by atoms with van der Waals surface area (Å²) in [6, 6.07) is 21.7. The van der Waals surface area contributed by atoms with Gasteiger partial charge in [-0.05, 0) is 61.7 Å². The summed E-state index contributed by atoms with van der Waals surface area (Å²) in [5.74, 6) is 0.694. The van der Waals surface area contributed by atoms with Crippen molar-refractivity contribution < 1.29 is 9.21 Å². The van der Waals surface area contributed by atoms with Gasteiger partial charge in [-0.15, -0.1) is 0 Å². The third kappa shape index (κ3) is 3.24. The number of carbonyl (C=O) groups is 1. The average Bonchev–Trinajstić information content (AvgIpc) is 3.10. The molecule has 0 aliphatic carbocycles. The number of hydrogen-bond donors (Lipinski definition) is 1. The van der Waals surface area contributed by atoms with Gasteiger partial charge in [0.05, 0.1) is 0 Å². The molecular formula is C24H21NO2. The molecule has 4 aromatic rings. The highest BCUT2D eigenvalue weighted by Gasteiger charge is 2.13. The van der Waals surface area contributed by atoms with Crippen LogP contribution in [0.15, 0.2) is 71.1 Å². The standard InChI is InChI=1S/C24H21NO2/c1-15-7-6-9-20(17(15)3)24(26)25-21-13-19(12-11-16(21)2)23-14-18-8-4-5-10-22(18)27-23/h4-14H,1-3H3,(H,25,26). The Hall–Kier alpha value is -3.33. The van der Waals surface area contributed by atoms with Crippen molar-refractivity contribution in [2.45, 2.75) is 20.8 Å². The van der Waals surface area contributed by atoms with E-state index in [1.165, 1.54) is 0 Å². The predicted molar refractivity (Wildman–Crippen MR) is 110 cm³/mol. The maximum absolute atomic E-state index is 12.8. The minimum atomic E-state index is -0.0962. The number of nitrogens with one attached hydrogen (secondary N) is 1. The fourth-order valence-electron chi connectivity index (χ4n) is 3.22. The number of para-hydroxylation sites is 1. The zero-order valence-electron chi connectivity index (χ0n) is 15.7. The first-order valence-electron chi connectivity index (χ1n) is 9.00. The van der Waals surface area contributed by atoms with Crippen molar-refractivity contribution in [3.05, 3.63) is 89.0 Å². The molecule has 3 heteroatoms. The molecule has 3 aromatic carbocycles. The van der Waals surface area contributed by atoms with E-state index in [4.69, 9.17) is 4.42 Å². The molecule has 0 fully saturated rings. The highest BCUT2D eigenvalue weighted by Crippen LogP contribution is 2.30. The molecule has 1 amide bonds. The van der Waals surface area contributed by atoms with Crippen molar-refractivity contribution in [3.63, 3.8) is 0 Å². The third-order valence-corrected chi connectivity index (χ3v) is 5.05. The summed E-state index contributed by atoms with van der Waals surface area (Å²) >= 11 is 0. The van der Waals surface area contributed by atoms with Gasteiger partial charge in [-0.2, -0.15) is 0 Å². The van der Waals surface area contributed by atoms with Crippen molar-refractivity contribution in [2.75, 3.05) is 5.32 Å². The lowest BCUT2D eigenvalue weighted by Gasteiger charge is -2.12. The molecule has 1 N–H and O–H groups in total. The van der Waals surface area contributed by atoms with E-state index < -0.39 is 0 Å². The van der Waals surface area contributed by atoms with Crippen LogP contribution < -0.4 is 5.32 Å². The van der Waals surface area contributed by atoms with Crippen LogP contribution in [-0.2, 0) is 0 Å². The van der Waals surface area contributed by atoms with Crippen molar-refractivity contribution in [1.82, 2.24) is 0 Å². The summed E-state index contributed by atoms with van der Waals surface area (Å²) in [4.78, 5) is 12.8. The van der Waals surface area contributed by atoms with Gasteiger partial charge in [0, 0.05) is 22.2 Å². The highest BCUT2D eigenvalue weighted by molar-refractivity contribution is 6.06. The van der Waals surface area contributed by atoms with E-state index in [9.17, 15) is 4.79 Å². The Balaban J connectivity index is 1.68. The van der Waals surface area contributed by atoms with Crippen LogP contribution in [0.3, 0.4) is 0 Å². The molecule has 3 nitrogen and oxygen atoms in total. The summed E-state index contributed by atoms with van der Waals surface area (Å²) < 4.78 is 5.96. The van der Waals surface area contributed by atoms with Crippen LogP contribution in [-0.4, -0.2) is 5.91 Å². The van der Waals surface area contributed by atoms with E-state index in [-0.39, 0.29) is 5.91 Å². The third-order valence-electron chi connectivity index (χ3n) is 5.05. The molecule has 0 aliphatic heterocycles. The van der Waals surface area contributed by atoms with E-state index >= 15 is 0 Å². The van der Waals surface area contributed by atoms with Gasteiger partial charge in [0.25, 0.3) is 5.91 Å². The fourth-order valence-corrected chi connectivity index (χ4v) is 3.22. The first-order valence-corrected chi connectivity index (χ1v) is 9.00. The Kier molecular flexibility index (Phi) is 4.28. The van der Waals surface area contributed by atoms with Crippen LogP contribution in [0.1, 0.15) is 27.0 Å².